The Hall–Kier alpha value is -2.08. The van der Waals surface area contributed by atoms with Crippen molar-refractivity contribution in [3.8, 4) is 11.5 Å². The van der Waals surface area contributed by atoms with Gasteiger partial charge in [-0.1, -0.05) is 0 Å². The number of aromatic hydroxyl groups is 1. The van der Waals surface area contributed by atoms with Crippen LogP contribution in [0.25, 0.3) is 0 Å². The maximum absolute atomic E-state index is 12.0. The number of amides is 1. The molecule has 2 aromatic rings. The van der Waals surface area contributed by atoms with Gasteiger partial charge in [0, 0.05) is 10.4 Å². The van der Waals surface area contributed by atoms with Crippen LogP contribution in [0.5, 0.6) is 11.5 Å². The SMILES string of the molecule is COc1cc(C(=O)Nc2nc(C)c(C)s2)ccc1O. The van der Waals surface area contributed by atoms with E-state index < -0.39 is 0 Å². The Labute approximate surface area is 114 Å². The number of rotatable bonds is 3. The standard InChI is InChI=1S/C13H14N2O3S/c1-7-8(2)19-13(14-7)15-12(17)9-4-5-10(16)11(6-9)18-3/h4-6,16H,1-3H3,(H,14,15,17). The molecule has 0 saturated carbocycles. The van der Waals surface area contributed by atoms with Crippen LogP contribution < -0.4 is 10.1 Å². The number of aryl methyl sites for hydroxylation is 2. The number of hydrogen-bond donors (Lipinski definition) is 2. The van der Waals surface area contributed by atoms with Crippen LogP contribution in [0.15, 0.2) is 18.2 Å². The van der Waals surface area contributed by atoms with Gasteiger partial charge in [-0.15, -0.1) is 11.3 Å². The molecule has 0 aliphatic carbocycles. The second kappa shape index (κ2) is 5.27. The molecule has 6 heteroatoms. The molecule has 0 spiro atoms. The summed E-state index contributed by atoms with van der Waals surface area (Å²) in [5.41, 5.74) is 1.31. The molecular formula is C13H14N2O3S. The quantitative estimate of drug-likeness (QED) is 0.905. The topological polar surface area (TPSA) is 71.5 Å². The summed E-state index contributed by atoms with van der Waals surface area (Å²) >= 11 is 1.43. The highest BCUT2D eigenvalue weighted by atomic mass is 32.1. The van der Waals surface area contributed by atoms with E-state index in [1.54, 1.807) is 0 Å². The summed E-state index contributed by atoms with van der Waals surface area (Å²) in [4.78, 5) is 17.3. The van der Waals surface area contributed by atoms with Gasteiger partial charge in [-0.3, -0.25) is 10.1 Å². The number of nitrogens with one attached hydrogen (secondary N) is 1. The number of carbonyl (C=O) groups is 1. The fraction of sp³-hybridized carbons (Fsp3) is 0.231. The highest BCUT2D eigenvalue weighted by Crippen LogP contribution is 2.27. The normalized spacial score (nSPS) is 10.3. The van der Waals surface area contributed by atoms with Crippen molar-refractivity contribution in [3.63, 3.8) is 0 Å². The molecule has 2 rings (SSSR count). The van der Waals surface area contributed by atoms with Gasteiger partial charge >= 0.3 is 0 Å². The van der Waals surface area contributed by atoms with Gasteiger partial charge in [-0.25, -0.2) is 4.98 Å². The van der Waals surface area contributed by atoms with Crippen molar-refractivity contribution >= 4 is 22.4 Å². The second-order valence-corrected chi connectivity index (χ2v) is 5.20. The molecule has 1 amide bonds. The highest BCUT2D eigenvalue weighted by Gasteiger charge is 2.12. The minimum absolute atomic E-state index is 0.0000116. The summed E-state index contributed by atoms with van der Waals surface area (Å²) in [5, 5.41) is 12.8. The average Bonchev–Trinajstić information content (AvgIpc) is 2.68. The maximum Gasteiger partial charge on any atom is 0.257 e. The van der Waals surface area contributed by atoms with Gasteiger partial charge in [0.25, 0.3) is 5.91 Å². The van der Waals surface area contributed by atoms with Crippen molar-refractivity contribution in [1.82, 2.24) is 4.98 Å². The van der Waals surface area contributed by atoms with E-state index in [0.717, 1.165) is 10.6 Å². The molecule has 1 heterocycles. The van der Waals surface area contributed by atoms with Crippen LogP contribution >= 0.6 is 11.3 Å². The zero-order valence-corrected chi connectivity index (χ0v) is 11.7. The Kier molecular flexibility index (Phi) is 3.71. The number of aromatic nitrogens is 1. The number of nitrogens with zero attached hydrogens (tertiary/aromatic N) is 1. The van der Waals surface area contributed by atoms with Crippen molar-refractivity contribution in [1.29, 1.82) is 0 Å². The highest BCUT2D eigenvalue weighted by molar-refractivity contribution is 7.15. The number of thiazole rings is 1. The van der Waals surface area contributed by atoms with Crippen LogP contribution in [0.4, 0.5) is 5.13 Å². The van der Waals surface area contributed by atoms with E-state index in [9.17, 15) is 9.90 Å². The second-order valence-electron chi connectivity index (χ2n) is 4.00. The van der Waals surface area contributed by atoms with E-state index in [2.05, 4.69) is 10.3 Å². The molecule has 0 bridgehead atoms. The summed E-state index contributed by atoms with van der Waals surface area (Å²) in [6.45, 7) is 3.84. The molecule has 1 aromatic heterocycles. The Morgan fingerprint density at radius 2 is 2.16 bits per heavy atom. The first-order chi connectivity index (χ1) is 9.01. The van der Waals surface area contributed by atoms with E-state index >= 15 is 0 Å². The summed E-state index contributed by atoms with van der Waals surface area (Å²) in [6.07, 6.45) is 0. The predicted octanol–water partition coefficient (Wildman–Crippen LogP) is 2.73. The van der Waals surface area contributed by atoms with E-state index in [1.807, 2.05) is 13.8 Å². The molecular weight excluding hydrogens is 264 g/mol. The van der Waals surface area contributed by atoms with Crippen LogP contribution in [0.3, 0.4) is 0 Å². The zero-order chi connectivity index (χ0) is 14.0. The third-order valence-corrected chi connectivity index (χ3v) is 3.68. The summed E-state index contributed by atoms with van der Waals surface area (Å²) in [6, 6.07) is 4.44. The van der Waals surface area contributed by atoms with E-state index in [0.29, 0.717) is 10.7 Å². The Bertz CT molecular complexity index is 603. The largest absolute Gasteiger partial charge is 0.504 e. The van der Waals surface area contributed by atoms with E-state index in [1.165, 1.54) is 36.6 Å². The van der Waals surface area contributed by atoms with Gasteiger partial charge in [-0.05, 0) is 32.0 Å². The number of hydrogen-bond acceptors (Lipinski definition) is 5. The Morgan fingerprint density at radius 1 is 1.42 bits per heavy atom. The number of phenolic OH excluding ortho intramolecular Hbond substituents is 1. The van der Waals surface area contributed by atoms with E-state index in [-0.39, 0.29) is 17.4 Å². The summed E-state index contributed by atoms with van der Waals surface area (Å²) in [5.74, 6) is -0.0220. The van der Waals surface area contributed by atoms with Crippen LogP contribution in [-0.2, 0) is 0 Å². The van der Waals surface area contributed by atoms with Crippen molar-refractivity contribution in [2.24, 2.45) is 0 Å². The zero-order valence-electron chi connectivity index (χ0n) is 10.9. The molecule has 0 atom stereocenters. The number of methoxy groups -OCH3 is 1. The molecule has 0 fully saturated rings. The monoisotopic (exact) mass is 278 g/mol. The van der Waals surface area contributed by atoms with Crippen molar-refractivity contribution < 1.29 is 14.6 Å². The Balaban J connectivity index is 2.20. The molecule has 2 N–H and O–H groups in total. The fourth-order valence-electron chi connectivity index (χ4n) is 1.51. The summed E-state index contributed by atoms with van der Waals surface area (Å²) in [7, 11) is 1.43. The van der Waals surface area contributed by atoms with Crippen molar-refractivity contribution in [2.75, 3.05) is 12.4 Å². The van der Waals surface area contributed by atoms with Crippen LogP contribution in [-0.4, -0.2) is 23.1 Å². The van der Waals surface area contributed by atoms with Crippen LogP contribution in [0, 0.1) is 13.8 Å². The molecule has 0 saturated heterocycles. The van der Waals surface area contributed by atoms with Crippen LogP contribution in [0.2, 0.25) is 0 Å². The fourth-order valence-corrected chi connectivity index (χ4v) is 2.32. The first-order valence-electron chi connectivity index (χ1n) is 5.63. The molecule has 1 aromatic carbocycles. The molecule has 100 valence electrons. The molecule has 0 unspecified atom stereocenters. The lowest BCUT2D eigenvalue weighted by Gasteiger charge is -2.06. The van der Waals surface area contributed by atoms with Crippen molar-refractivity contribution in [2.45, 2.75) is 13.8 Å². The number of carbonyl (C=O) groups excluding carboxylic acids is 1. The van der Waals surface area contributed by atoms with Gasteiger partial charge in [0.1, 0.15) is 0 Å². The van der Waals surface area contributed by atoms with E-state index in [4.69, 9.17) is 4.74 Å². The molecule has 5 nitrogen and oxygen atoms in total. The van der Waals surface area contributed by atoms with Crippen molar-refractivity contribution in [3.05, 3.63) is 34.3 Å². The van der Waals surface area contributed by atoms with Gasteiger partial charge in [0.15, 0.2) is 16.6 Å². The minimum Gasteiger partial charge on any atom is -0.504 e. The first-order valence-corrected chi connectivity index (χ1v) is 6.45. The molecule has 0 radical (unpaired) electrons. The van der Waals surface area contributed by atoms with Gasteiger partial charge in [0.2, 0.25) is 0 Å². The molecule has 0 aliphatic rings. The number of benzene rings is 1. The first kappa shape index (κ1) is 13.4. The minimum atomic E-state index is -0.285. The number of anilines is 1. The number of ether oxygens (including phenoxy) is 1. The lowest BCUT2D eigenvalue weighted by atomic mass is 10.2. The Morgan fingerprint density at radius 3 is 2.74 bits per heavy atom. The predicted molar refractivity (Wildman–Crippen MR) is 74.2 cm³/mol. The van der Waals surface area contributed by atoms with Crippen LogP contribution in [0.1, 0.15) is 20.9 Å². The maximum atomic E-state index is 12.0. The molecule has 19 heavy (non-hydrogen) atoms. The third-order valence-electron chi connectivity index (χ3n) is 2.69. The third kappa shape index (κ3) is 2.85. The average molecular weight is 278 g/mol. The lowest BCUT2D eigenvalue weighted by molar-refractivity contribution is 0.102. The molecule has 0 aliphatic heterocycles. The lowest BCUT2D eigenvalue weighted by Crippen LogP contribution is -2.11. The number of phenols is 1. The van der Waals surface area contributed by atoms with Gasteiger partial charge in [0.05, 0.1) is 12.8 Å². The summed E-state index contributed by atoms with van der Waals surface area (Å²) < 4.78 is 4.97. The van der Waals surface area contributed by atoms with Gasteiger partial charge in [-0.2, -0.15) is 0 Å². The smallest absolute Gasteiger partial charge is 0.257 e. The van der Waals surface area contributed by atoms with Gasteiger partial charge < -0.3 is 9.84 Å².